The van der Waals surface area contributed by atoms with Gasteiger partial charge in [0.05, 0.1) is 6.54 Å². The Labute approximate surface area is 127 Å². The second-order valence-corrected chi connectivity index (χ2v) is 6.54. The largest absolute Gasteiger partial charge is 0.353 e. The van der Waals surface area contributed by atoms with E-state index in [4.69, 9.17) is 0 Å². The Morgan fingerprint density at radius 3 is 2.85 bits per heavy atom. The molecule has 0 atom stereocenters. The highest BCUT2D eigenvalue weighted by Crippen LogP contribution is 2.26. The molecule has 2 aromatic rings. The van der Waals surface area contributed by atoms with Crippen molar-refractivity contribution in [2.24, 2.45) is 0 Å². The number of nitrogens with one attached hydrogen (secondary N) is 1. The third-order valence-electron chi connectivity index (χ3n) is 2.63. The van der Waals surface area contributed by atoms with Crippen LogP contribution in [-0.4, -0.2) is 28.3 Å². The van der Waals surface area contributed by atoms with Gasteiger partial charge in [-0.25, -0.2) is 0 Å². The third kappa shape index (κ3) is 4.61. The highest BCUT2D eigenvalue weighted by atomic mass is 32.2. The molecule has 1 N–H and O–H groups in total. The zero-order valence-electron chi connectivity index (χ0n) is 11.3. The summed E-state index contributed by atoms with van der Waals surface area (Å²) in [5.41, 5.74) is 0.710. The van der Waals surface area contributed by atoms with Gasteiger partial charge in [-0.15, -0.1) is 10.2 Å². The van der Waals surface area contributed by atoms with Gasteiger partial charge in [0.25, 0.3) is 0 Å². The van der Waals surface area contributed by atoms with E-state index in [1.807, 2.05) is 30.3 Å². The van der Waals surface area contributed by atoms with Crippen LogP contribution in [0.25, 0.3) is 0 Å². The number of ketones is 1. The van der Waals surface area contributed by atoms with Crippen molar-refractivity contribution in [3.8, 4) is 0 Å². The van der Waals surface area contributed by atoms with E-state index in [0.717, 1.165) is 10.1 Å². The molecule has 0 aliphatic heterocycles. The van der Waals surface area contributed by atoms with Gasteiger partial charge in [0.1, 0.15) is 0 Å². The number of hydrogen-bond acceptors (Lipinski definition) is 6. The fourth-order valence-corrected chi connectivity index (χ4v) is 3.43. The van der Waals surface area contributed by atoms with Gasteiger partial charge >= 0.3 is 0 Å². The van der Waals surface area contributed by atoms with Gasteiger partial charge in [-0.1, -0.05) is 66.8 Å². The van der Waals surface area contributed by atoms with Crippen molar-refractivity contribution in [2.75, 3.05) is 17.6 Å². The maximum absolute atomic E-state index is 11.9. The Bertz CT molecular complexity index is 542. The molecule has 0 fully saturated rings. The molecule has 0 bridgehead atoms. The number of rotatable bonds is 8. The molecule has 1 heterocycles. The second-order valence-electron chi connectivity index (χ2n) is 4.22. The maximum Gasteiger partial charge on any atom is 0.206 e. The lowest BCUT2D eigenvalue weighted by atomic mass is 10.1. The first kappa shape index (κ1) is 15.0. The molecule has 4 nitrogen and oxygen atoms in total. The van der Waals surface area contributed by atoms with E-state index < -0.39 is 0 Å². The second kappa shape index (κ2) is 8.01. The lowest BCUT2D eigenvalue weighted by Crippen LogP contribution is -2.13. The number of aromatic nitrogens is 2. The van der Waals surface area contributed by atoms with Crippen molar-refractivity contribution in [3.05, 3.63) is 35.9 Å². The lowest BCUT2D eigenvalue weighted by molar-refractivity contribution is 0.101. The summed E-state index contributed by atoms with van der Waals surface area (Å²) in [4.78, 5) is 11.9. The van der Waals surface area contributed by atoms with Crippen molar-refractivity contribution in [2.45, 2.75) is 24.1 Å². The molecule has 0 saturated heterocycles. The summed E-state index contributed by atoms with van der Waals surface area (Å²) in [5, 5.41) is 11.9. The smallest absolute Gasteiger partial charge is 0.206 e. The molecule has 0 saturated carbocycles. The summed E-state index contributed by atoms with van der Waals surface area (Å²) in [6.45, 7) is 2.42. The number of hydrogen-bond donors (Lipinski definition) is 1. The van der Waals surface area contributed by atoms with Crippen LogP contribution in [0, 0.1) is 0 Å². The molecule has 0 unspecified atom stereocenters. The van der Waals surface area contributed by atoms with Gasteiger partial charge in [0.2, 0.25) is 5.13 Å². The van der Waals surface area contributed by atoms with Crippen LogP contribution in [0.5, 0.6) is 0 Å². The predicted molar refractivity (Wildman–Crippen MR) is 84.8 cm³/mol. The molecule has 0 aliphatic carbocycles. The first-order valence-corrected chi connectivity index (χ1v) is 8.38. The Balaban J connectivity index is 1.81. The SMILES string of the molecule is CCCCSc1nnc(NCC(=O)c2ccccc2)s1. The summed E-state index contributed by atoms with van der Waals surface area (Å²) >= 11 is 3.21. The number of thioether (sulfide) groups is 1. The minimum Gasteiger partial charge on any atom is -0.353 e. The number of carbonyl (C=O) groups excluding carboxylic acids is 1. The lowest BCUT2D eigenvalue weighted by Gasteiger charge is -2.01. The highest BCUT2D eigenvalue weighted by molar-refractivity contribution is 8.01. The zero-order valence-corrected chi connectivity index (χ0v) is 13.0. The van der Waals surface area contributed by atoms with Crippen molar-refractivity contribution < 1.29 is 4.79 Å². The minimum absolute atomic E-state index is 0.0565. The van der Waals surface area contributed by atoms with E-state index in [2.05, 4.69) is 22.4 Å². The number of nitrogens with zero attached hydrogens (tertiary/aromatic N) is 2. The van der Waals surface area contributed by atoms with E-state index >= 15 is 0 Å². The van der Waals surface area contributed by atoms with Crippen LogP contribution in [-0.2, 0) is 0 Å². The van der Waals surface area contributed by atoms with E-state index in [0.29, 0.717) is 10.7 Å². The van der Waals surface area contributed by atoms with E-state index in [1.54, 1.807) is 11.8 Å². The molecule has 20 heavy (non-hydrogen) atoms. The first-order chi connectivity index (χ1) is 9.79. The van der Waals surface area contributed by atoms with Gasteiger partial charge in [0, 0.05) is 11.3 Å². The molecule has 6 heteroatoms. The Kier molecular flexibility index (Phi) is 6.01. The van der Waals surface area contributed by atoms with Gasteiger partial charge in [0.15, 0.2) is 10.1 Å². The zero-order chi connectivity index (χ0) is 14.2. The Morgan fingerprint density at radius 1 is 1.30 bits per heavy atom. The Hall–Kier alpha value is -1.40. The van der Waals surface area contributed by atoms with E-state index in [1.165, 1.54) is 24.2 Å². The van der Waals surface area contributed by atoms with Crippen molar-refractivity contribution in [1.82, 2.24) is 10.2 Å². The Morgan fingerprint density at radius 2 is 2.10 bits per heavy atom. The molecule has 1 aromatic heterocycles. The molecule has 0 radical (unpaired) electrons. The average molecular weight is 307 g/mol. The van der Waals surface area contributed by atoms with Crippen LogP contribution in [0.1, 0.15) is 30.1 Å². The minimum atomic E-state index is 0.0565. The molecule has 0 aliphatic rings. The maximum atomic E-state index is 11.9. The van der Waals surface area contributed by atoms with Gasteiger partial charge in [-0.2, -0.15) is 0 Å². The number of anilines is 1. The topological polar surface area (TPSA) is 54.9 Å². The van der Waals surface area contributed by atoms with Crippen molar-refractivity contribution in [1.29, 1.82) is 0 Å². The number of Topliss-reactive ketones (excluding diaryl/α,β-unsaturated/α-hetero) is 1. The molecule has 106 valence electrons. The normalized spacial score (nSPS) is 10.4. The van der Waals surface area contributed by atoms with E-state index in [-0.39, 0.29) is 12.3 Å². The highest BCUT2D eigenvalue weighted by Gasteiger charge is 2.08. The summed E-state index contributed by atoms with van der Waals surface area (Å²) in [6.07, 6.45) is 2.36. The summed E-state index contributed by atoms with van der Waals surface area (Å²) < 4.78 is 0.952. The summed E-state index contributed by atoms with van der Waals surface area (Å²) in [7, 11) is 0. The molecular formula is C14H17N3OS2. The quantitative estimate of drug-likeness (QED) is 0.457. The monoisotopic (exact) mass is 307 g/mol. The van der Waals surface area contributed by atoms with Crippen LogP contribution in [0.15, 0.2) is 34.7 Å². The van der Waals surface area contributed by atoms with Crippen molar-refractivity contribution in [3.63, 3.8) is 0 Å². The summed E-state index contributed by atoms with van der Waals surface area (Å²) in [5.74, 6) is 1.12. The molecule has 2 rings (SSSR count). The molecule has 0 amide bonds. The van der Waals surface area contributed by atoms with Crippen molar-refractivity contribution >= 4 is 34.0 Å². The fraction of sp³-hybridized carbons (Fsp3) is 0.357. The van der Waals surface area contributed by atoms with Crippen LogP contribution in [0.2, 0.25) is 0 Å². The predicted octanol–water partition coefficient (Wildman–Crippen LogP) is 3.73. The summed E-state index contributed by atoms with van der Waals surface area (Å²) in [6, 6.07) is 9.25. The van der Waals surface area contributed by atoms with Crippen LogP contribution >= 0.6 is 23.1 Å². The standard InChI is InChI=1S/C14H17N3OS2/c1-2-3-9-19-14-17-16-13(20-14)15-10-12(18)11-7-5-4-6-8-11/h4-8H,2-3,9-10H2,1H3,(H,15,16). The fourth-order valence-electron chi connectivity index (χ4n) is 1.53. The first-order valence-electron chi connectivity index (χ1n) is 6.58. The average Bonchev–Trinajstić information content (AvgIpc) is 2.94. The van der Waals surface area contributed by atoms with E-state index in [9.17, 15) is 4.79 Å². The third-order valence-corrected chi connectivity index (χ3v) is 4.73. The van der Waals surface area contributed by atoms with Gasteiger partial charge < -0.3 is 5.32 Å². The molecule has 0 spiro atoms. The van der Waals surface area contributed by atoms with Gasteiger partial charge in [-0.05, 0) is 6.42 Å². The van der Waals surface area contributed by atoms with Crippen LogP contribution < -0.4 is 5.32 Å². The number of carbonyl (C=O) groups is 1. The number of benzene rings is 1. The molecular weight excluding hydrogens is 290 g/mol. The van der Waals surface area contributed by atoms with Crippen LogP contribution in [0.3, 0.4) is 0 Å². The van der Waals surface area contributed by atoms with Gasteiger partial charge in [-0.3, -0.25) is 4.79 Å². The number of unbranched alkanes of at least 4 members (excludes halogenated alkanes) is 1. The van der Waals surface area contributed by atoms with Crippen LogP contribution in [0.4, 0.5) is 5.13 Å². The molecule has 1 aromatic carbocycles.